The zero-order valence-corrected chi connectivity index (χ0v) is 16.4. The fourth-order valence-corrected chi connectivity index (χ4v) is 3.70. The molecule has 2 aromatic carbocycles. The Bertz CT molecular complexity index is 848. The molecular formula is C23H27NO4. The van der Waals surface area contributed by atoms with E-state index < -0.39 is 5.97 Å². The first-order chi connectivity index (χ1) is 13.4. The summed E-state index contributed by atoms with van der Waals surface area (Å²) in [4.78, 5) is 25.7. The summed E-state index contributed by atoms with van der Waals surface area (Å²) in [5, 5.41) is 9.23. The maximum absolute atomic E-state index is 12.7. The van der Waals surface area contributed by atoms with Crippen LogP contribution in [0.3, 0.4) is 0 Å². The lowest BCUT2D eigenvalue weighted by Gasteiger charge is -2.35. The second-order valence-corrected chi connectivity index (χ2v) is 7.59. The van der Waals surface area contributed by atoms with Gasteiger partial charge in [-0.3, -0.25) is 9.59 Å². The predicted octanol–water partition coefficient (Wildman–Crippen LogP) is 3.69. The third kappa shape index (κ3) is 4.91. The third-order valence-electron chi connectivity index (χ3n) is 5.48. The molecule has 1 aliphatic rings. The van der Waals surface area contributed by atoms with E-state index in [0.29, 0.717) is 32.5 Å². The normalized spacial score (nSPS) is 19.3. The molecule has 5 heteroatoms. The summed E-state index contributed by atoms with van der Waals surface area (Å²) in [6.07, 6.45) is 0.813. The molecule has 0 spiro atoms. The number of aliphatic carboxylic acids is 1. The molecule has 2 unspecified atom stereocenters. The van der Waals surface area contributed by atoms with Crippen molar-refractivity contribution >= 4 is 11.9 Å². The Morgan fingerprint density at radius 2 is 1.96 bits per heavy atom. The van der Waals surface area contributed by atoms with Crippen LogP contribution in [0.5, 0.6) is 5.75 Å². The summed E-state index contributed by atoms with van der Waals surface area (Å²) in [6.45, 7) is 5.45. The maximum Gasteiger partial charge on any atom is 0.306 e. The highest BCUT2D eigenvalue weighted by molar-refractivity contribution is 5.79. The van der Waals surface area contributed by atoms with Crippen molar-refractivity contribution in [2.24, 2.45) is 11.8 Å². The van der Waals surface area contributed by atoms with Gasteiger partial charge in [-0.05, 0) is 48.1 Å². The number of carbonyl (C=O) groups is 2. The number of amides is 1. The van der Waals surface area contributed by atoms with Gasteiger partial charge in [0.05, 0.1) is 12.3 Å². The van der Waals surface area contributed by atoms with E-state index in [4.69, 9.17) is 4.74 Å². The first-order valence-electron chi connectivity index (χ1n) is 9.71. The van der Waals surface area contributed by atoms with Gasteiger partial charge in [-0.15, -0.1) is 0 Å². The number of carboxylic acids is 1. The summed E-state index contributed by atoms with van der Waals surface area (Å²) < 4.78 is 5.91. The molecule has 0 bridgehead atoms. The van der Waals surface area contributed by atoms with Crippen molar-refractivity contribution in [3.05, 3.63) is 65.2 Å². The molecule has 148 valence electrons. The Labute approximate surface area is 165 Å². The van der Waals surface area contributed by atoms with Gasteiger partial charge in [0.25, 0.3) is 0 Å². The van der Waals surface area contributed by atoms with Gasteiger partial charge >= 0.3 is 5.97 Å². The topological polar surface area (TPSA) is 66.8 Å². The van der Waals surface area contributed by atoms with E-state index in [9.17, 15) is 14.7 Å². The van der Waals surface area contributed by atoms with Crippen LogP contribution in [0, 0.1) is 18.8 Å². The standard InChI is InChI=1S/C23H27NO4/c1-16-6-3-4-8-19(16)15-28-20-9-5-7-18(12-20)13-22(25)24-11-10-21(23(26)27)17(2)14-24/h3-9,12,17,21H,10-11,13-15H2,1-2H3,(H,26,27). The molecule has 5 nitrogen and oxygen atoms in total. The molecular weight excluding hydrogens is 354 g/mol. The van der Waals surface area contributed by atoms with Crippen molar-refractivity contribution < 1.29 is 19.4 Å². The van der Waals surface area contributed by atoms with Crippen LogP contribution in [-0.4, -0.2) is 35.0 Å². The summed E-state index contributed by atoms with van der Waals surface area (Å²) >= 11 is 0. The zero-order valence-electron chi connectivity index (χ0n) is 16.4. The number of nitrogens with zero attached hydrogens (tertiary/aromatic N) is 1. The van der Waals surface area contributed by atoms with Gasteiger partial charge in [0, 0.05) is 13.1 Å². The second-order valence-electron chi connectivity index (χ2n) is 7.59. The number of hydrogen-bond acceptors (Lipinski definition) is 3. The Kier molecular flexibility index (Phi) is 6.34. The van der Waals surface area contributed by atoms with Crippen LogP contribution in [0.25, 0.3) is 0 Å². The number of hydrogen-bond donors (Lipinski definition) is 1. The number of likely N-dealkylation sites (tertiary alicyclic amines) is 1. The number of ether oxygens (including phenoxy) is 1. The van der Waals surface area contributed by atoms with Gasteiger partial charge in [-0.25, -0.2) is 0 Å². The minimum absolute atomic E-state index is 0.0287. The highest BCUT2D eigenvalue weighted by Gasteiger charge is 2.32. The van der Waals surface area contributed by atoms with E-state index in [1.807, 2.05) is 49.4 Å². The molecule has 1 amide bonds. The molecule has 2 atom stereocenters. The highest BCUT2D eigenvalue weighted by atomic mass is 16.5. The number of carboxylic acid groups (broad SMARTS) is 1. The molecule has 1 aliphatic heterocycles. The van der Waals surface area contributed by atoms with Gasteiger partial charge in [0.2, 0.25) is 5.91 Å². The molecule has 1 saturated heterocycles. The van der Waals surface area contributed by atoms with Crippen LogP contribution in [-0.2, 0) is 22.6 Å². The van der Waals surface area contributed by atoms with E-state index in [1.54, 1.807) is 4.90 Å². The quantitative estimate of drug-likeness (QED) is 0.829. The number of piperidine rings is 1. The summed E-state index contributed by atoms with van der Waals surface area (Å²) in [5.74, 6) is -0.377. The molecule has 3 rings (SSSR count). The minimum Gasteiger partial charge on any atom is -0.489 e. The lowest BCUT2D eigenvalue weighted by atomic mass is 9.87. The molecule has 28 heavy (non-hydrogen) atoms. The Morgan fingerprint density at radius 3 is 2.68 bits per heavy atom. The summed E-state index contributed by atoms with van der Waals surface area (Å²) in [5.41, 5.74) is 3.23. The SMILES string of the molecule is Cc1ccccc1COc1cccc(CC(=O)N2CCC(C(=O)O)C(C)C2)c1. The monoisotopic (exact) mass is 381 g/mol. The second kappa shape index (κ2) is 8.91. The van der Waals surface area contributed by atoms with E-state index in [1.165, 1.54) is 5.56 Å². The van der Waals surface area contributed by atoms with Crippen molar-refractivity contribution in [3.8, 4) is 5.75 Å². The van der Waals surface area contributed by atoms with E-state index in [0.717, 1.165) is 16.9 Å². The molecule has 1 fully saturated rings. The number of rotatable bonds is 6. The van der Waals surface area contributed by atoms with Crippen molar-refractivity contribution in [1.82, 2.24) is 4.90 Å². The van der Waals surface area contributed by atoms with E-state index in [-0.39, 0.29) is 17.7 Å². The lowest BCUT2D eigenvalue weighted by molar-refractivity contribution is -0.148. The van der Waals surface area contributed by atoms with Gasteiger partial charge in [-0.1, -0.05) is 43.3 Å². The fourth-order valence-electron chi connectivity index (χ4n) is 3.70. The molecule has 0 saturated carbocycles. The van der Waals surface area contributed by atoms with Crippen molar-refractivity contribution in [1.29, 1.82) is 0 Å². The van der Waals surface area contributed by atoms with E-state index in [2.05, 4.69) is 13.0 Å². The van der Waals surface area contributed by atoms with Gasteiger partial charge in [-0.2, -0.15) is 0 Å². The molecule has 1 heterocycles. The van der Waals surface area contributed by atoms with Gasteiger partial charge in [0.15, 0.2) is 0 Å². The van der Waals surface area contributed by atoms with Crippen LogP contribution in [0.4, 0.5) is 0 Å². The molecule has 1 N–H and O–H groups in total. The van der Waals surface area contributed by atoms with E-state index >= 15 is 0 Å². The first-order valence-corrected chi connectivity index (χ1v) is 9.71. The Hall–Kier alpha value is -2.82. The molecule has 2 aromatic rings. The van der Waals surface area contributed by atoms with Gasteiger partial charge in [0.1, 0.15) is 12.4 Å². The Balaban J connectivity index is 1.58. The zero-order chi connectivity index (χ0) is 20.1. The highest BCUT2D eigenvalue weighted by Crippen LogP contribution is 2.24. The fraction of sp³-hybridized carbons (Fsp3) is 0.391. The molecule has 0 aliphatic carbocycles. The lowest BCUT2D eigenvalue weighted by Crippen LogP contribution is -2.45. The van der Waals surface area contributed by atoms with Crippen molar-refractivity contribution in [2.75, 3.05) is 13.1 Å². The number of benzene rings is 2. The van der Waals surface area contributed by atoms with Crippen LogP contribution >= 0.6 is 0 Å². The van der Waals surface area contributed by atoms with Crippen LogP contribution < -0.4 is 4.74 Å². The predicted molar refractivity (Wildman–Crippen MR) is 107 cm³/mol. The average molecular weight is 381 g/mol. The largest absolute Gasteiger partial charge is 0.489 e. The third-order valence-corrected chi connectivity index (χ3v) is 5.48. The maximum atomic E-state index is 12.7. The van der Waals surface area contributed by atoms with Crippen LogP contribution in [0.15, 0.2) is 48.5 Å². The molecule has 0 radical (unpaired) electrons. The summed E-state index contributed by atoms with van der Waals surface area (Å²) in [6, 6.07) is 15.7. The van der Waals surface area contributed by atoms with Crippen LogP contribution in [0.1, 0.15) is 30.0 Å². The average Bonchev–Trinajstić information content (AvgIpc) is 2.67. The molecule has 0 aromatic heterocycles. The Morgan fingerprint density at radius 1 is 1.18 bits per heavy atom. The number of carbonyl (C=O) groups excluding carboxylic acids is 1. The summed E-state index contributed by atoms with van der Waals surface area (Å²) in [7, 11) is 0. The number of aryl methyl sites for hydroxylation is 1. The first kappa shape index (κ1) is 19.9. The van der Waals surface area contributed by atoms with Crippen LogP contribution in [0.2, 0.25) is 0 Å². The minimum atomic E-state index is -0.766. The van der Waals surface area contributed by atoms with Gasteiger partial charge < -0.3 is 14.7 Å². The van der Waals surface area contributed by atoms with Crippen molar-refractivity contribution in [2.45, 2.75) is 33.3 Å². The smallest absolute Gasteiger partial charge is 0.306 e. The van der Waals surface area contributed by atoms with Crippen molar-refractivity contribution in [3.63, 3.8) is 0 Å².